The molecule has 118 valence electrons. The zero-order chi connectivity index (χ0) is 16.6. The maximum absolute atomic E-state index is 13.1. The number of alkyl halides is 3. The molecule has 1 rings (SSSR count). The van der Waals surface area contributed by atoms with E-state index in [4.69, 9.17) is 5.14 Å². The van der Waals surface area contributed by atoms with E-state index in [-0.39, 0.29) is 17.0 Å². The lowest BCUT2D eigenvalue weighted by atomic mass is 10.2. The fourth-order valence-corrected chi connectivity index (χ4v) is 2.20. The number of hydrogen-bond donors (Lipinski definition) is 1. The maximum Gasteiger partial charge on any atom is 0.406 e. The second kappa shape index (κ2) is 5.56. The van der Waals surface area contributed by atoms with Gasteiger partial charge in [-0.2, -0.15) is 13.2 Å². The average Bonchev–Trinajstić information content (AvgIpc) is 2.27. The molecule has 0 saturated heterocycles. The van der Waals surface area contributed by atoms with Crippen LogP contribution in [0.1, 0.15) is 10.4 Å². The molecule has 0 atom stereocenters. The van der Waals surface area contributed by atoms with E-state index in [9.17, 15) is 35.2 Å². The second-order valence-electron chi connectivity index (χ2n) is 4.08. The molecule has 0 spiro atoms. The standard InChI is InChI=1S/C10H9F5N2O3S/c1-17(4-10(13,14)15)9(18)5-2-6(11)7(12)3-8(5)21(16,19)20/h2-3H,4H2,1H3,(H2,16,19,20). The van der Waals surface area contributed by atoms with Gasteiger partial charge in [-0.15, -0.1) is 0 Å². The summed E-state index contributed by atoms with van der Waals surface area (Å²) >= 11 is 0. The van der Waals surface area contributed by atoms with E-state index in [1.165, 1.54) is 0 Å². The van der Waals surface area contributed by atoms with Crippen molar-refractivity contribution in [1.29, 1.82) is 0 Å². The summed E-state index contributed by atoms with van der Waals surface area (Å²) in [6.07, 6.45) is -4.75. The molecule has 2 N–H and O–H groups in total. The van der Waals surface area contributed by atoms with Gasteiger partial charge in [0.2, 0.25) is 10.0 Å². The van der Waals surface area contributed by atoms with Crippen LogP contribution in [-0.4, -0.2) is 39.0 Å². The van der Waals surface area contributed by atoms with Gasteiger partial charge in [0.1, 0.15) is 6.54 Å². The molecule has 0 aromatic heterocycles. The minimum absolute atomic E-state index is 0.112. The Labute approximate surface area is 116 Å². The third-order valence-electron chi connectivity index (χ3n) is 2.32. The zero-order valence-electron chi connectivity index (χ0n) is 10.4. The van der Waals surface area contributed by atoms with Gasteiger partial charge in [-0.1, -0.05) is 0 Å². The molecule has 11 heteroatoms. The number of hydrogen-bond acceptors (Lipinski definition) is 3. The van der Waals surface area contributed by atoms with Crippen molar-refractivity contribution in [3.63, 3.8) is 0 Å². The Bertz CT molecular complexity index is 672. The summed E-state index contributed by atoms with van der Waals surface area (Å²) in [5, 5.41) is 4.73. The van der Waals surface area contributed by atoms with Crippen molar-refractivity contribution < 1.29 is 35.2 Å². The highest BCUT2D eigenvalue weighted by Gasteiger charge is 2.33. The number of rotatable bonds is 3. The van der Waals surface area contributed by atoms with Crippen LogP contribution in [0.15, 0.2) is 17.0 Å². The quantitative estimate of drug-likeness (QED) is 0.846. The molecule has 0 aliphatic heterocycles. The van der Waals surface area contributed by atoms with Gasteiger partial charge in [-0.3, -0.25) is 4.79 Å². The fraction of sp³-hybridized carbons (Fsp3) is 0.300. The van der Waals surface area contributed by atoms with Gasteiger partial charge in [0, 0.05) is 7.05 Å². The molecule has 1 amide bonds. The number of benzene rings is 1. The highest BCUT2D eigenvalue weighted by atomic mass is 32.2. The van der Waals surface area contributed by atoms with Crippen molar-refractivity contribution >= 4 is 15.9 Å². The smallest absolute Gasteiger partial charge is 0.333 e. The van der Waals surface area contributed by atoms with Crippen molar-refractivity contribution in [2.24, 2.45) is 5.14 Å². The van der Waals surface area contributed by atoms with Crippen LogP contribution in [0.4, 0.5) is 22.0 Å². The van der Waals surface area contributed by atoms with Crippen molar-refractivity contribution in [3.8, 4) is 0 Å². The zero-order valence-corrected chi connectivity index (χ0v) is 11.2. The summed E-state index contributed by atoms with van der Waals surface area (Å²) in [4.78, 5) is 10.8. The Morgan fingerprint density at radius 1 is 1.24 bits per heavy atom. The summed E-state index contributed by atoms with van der Waals surface area (Å²) < 4.78 is 85.1. The van der Waals surface area contributed by atoms with E-state index < -0.39 is 50.7 Å². The monoisotopic (exact) mass is 332 g/mol. The molecule has 0 aliphatic rings. The van der Waals surface area contributed by atoms with Crippen LogP contribution < -0.4 is 5.14 Å². The van der Waals surface area contributed by atoms with Crippen molar-refractivity contribution in [2.75, 3.05) is 13.6 Å². The molecular formula is C10H9F5N2O3S. The molecule has 1 aromatic rings. The largest absolute Gasteiger partial charge is 0.406 e. The molecule has 0 unspecified atom stereocenters. The van der Waals surface area contributed by atoms with Gasteiger partial charge < -0.3 is 4.90 Å². The van der Waals surface area contributed by atoms with Crippen LogP contribution in [-0.2, 0) is 10.0 Å². The number of halogens is 5. The lowest BCUT2D eigenvalue weighted by Gasteiger charge is -2.20. The van der Waals surface area contributed by atoms with Gasteiger partial charge in [-0.25, -0.2) is 22.3 Å². The Kier molecular flexibility index (Phi) is 4.58. The molecule has 5 nitrogen and oxygen atoms in total. The number of nitrogens with zero attached hydrogens (tertiary/aromatic N) is 1. The van der Waals surface area contributed by atoms with Crippen molar-refractivity contribution in [2.45, 2.75) is 11.1 Å². The van der Waals surface area contributed by atoms with Crippen LogP contribution in [0.25, 0.3) is 0 Å². The third kappa shape index (κ3) is 4.36. The lowest BCUT2D eigenvalue weighted by Crippen LogP contribution is -2.36. The number of carbonyl (C=O) groups is 1. The SMILES string of the molecule is CN(CC(F)(F)F)C(=O)c1cc(F)c(F)cc1S(N)(=O)=O. The van der Waals surface area contributed by atoms with E-state index >= 15 is 0 Å². The summed E-state index contributed by atoms with van der Waals surface area (Å²) in [6.45, 7) is -1.70. The van der Waals surface area contributed by atoms with Gasteiger partial charge in [0.15, 0.2) is 11.6 Å². The summed E-state index contributed by atoms with van der Waals surface area (Å²) in [5.74, 6) is -4.66. The second-order valence-corrected chi connectivity index (χ2v) is 5.61. The van der Waals surface area contributed by atoms with Crippen LogP contribution in [0.3, 0.4) is 0 Å². The Hall–Kier alpha value is -1.75. The van der Waals surface area contributed by atoms with Gasteiger partial charge in [0.25, 0.3) is 5.91 Å². The van der Waals surface area contributed by atoms with Crippen LogP contribution >= 0.6 is 0 Å². The van der Waals surface area contributed by atoms with Crippen molar-refractivity contribution in [1.82, 2.24) is 4.90 Å². The van der Waals surface area contributed by atoms with Crippen LogP contribution in [0.5, 0.6) is 0 Å². The molecular weight excluding hydrogens is 323 g/mol. The summed E-state index contributed by atoms with van der Waals surface area (Å²) in [6, 6.07) is 0.323. The predicted octanol–water partition coefficient (Wildman–Crippen LogP) is 1.25. The average molecular weight is 332 g/mol. The van der Waals surface area contributed by atoms with E-state index in [0.717, 1.165) is 7.05 Å². The predicted molar refractivity (Wildman–Crippen MR) is 60.7 cm³/mol. The first-order valence-corrected chi connectivity index (χ1v) is 6.71. The van der Waals surface area contributed by atoms with Crippen molar-refractivity contribution in [3.05, 3.63) is 29.3 Å². The van der Waals surface area contributed by atoms with Crippen LogP contribution in [0, 0.1) is 11.6 Å². The normalized spacial score (nSPS) is 12.3. The highest BCUT2D eigenvalue weighted by molar-refractivity contribution is 7.89. The number of amides is 1. The third-order valence-corrected chi connectivity index (χ3v) is 3.27. The summed E-state index contributed by atoms with van der Waals surface area (Å²) in [7, 11) is -3.90. The fourth-order valence-electron chi connectivity index (χ4n) is 1.48. The maximum atomic E-state index is 13.1. The Morgan fingerprint density at radius 2 is 1.71 bits per heavy atom. The topological polar surface area (TPSA) is 80.5 Å². The number of primary sulfonamides is 1. The molecule has 1 aromatic carbocycles. The molecule has 0 bridgehead atoms. The van der Waals surface area contributed by atoms with Gasteiger partial charge >= 0.3 is 6.18 Å². The molecule has 21 heavy (non-hydrogen) atoms. The first kappa shape index (κ1) is 17.3. The highest BCUT2D eigenvalue weighted by Crippen LogP contribution is 2.22. The minimum Gasteiger partial charge on any atom is -0.333 e. The minimum atomic E-state index is -4.75. The van der Waals surface area contributed by atoms with E-state index in [0.29, 0.717) is 0 Å². The van der Waals surface area contributed by atoms with E-state index in [1.54, 1.807) is 0 Å². The lowest BCUT2D eigenvalue weighted by molar-refractivity contribution is -0.138. The van der Waals surface area contributed by atoms with Gasteiger partial charge in [0.05, 0.1) is 10.5 Å². The number of sulfonamides is 1. The first-order valence-electron chi connectivity index (χ1n) is 5.17. The molecule has 0 fully saturated rings. The molecule has 0 heterocycles. The first-order chi connectivity index (χ1) is 9.33. The summed E-state index contributed by atoms with van der Waals surface area (Å²) in [5.41, 5.74) is -0.983. The molecule has 0 aliphatic carbocycles. The van der Waals surface area contributed by atoms with Crippen LogP contribution in [0.2, 0.25) is 0 Å². The molecule has 0 saturated carbocycles. The number of nitrogens with two attached hydrogens (primary N) is 1. The molecule has 0 radical (unpaired) electrons. The Balaban J connectivity index is 3.36. The van der Waals surface area contributed by atoms with E-state index in [1.807, 2.05) is 0 Å². The van der Waals surface area contributed by atoms with Gasteiger partial charge in [-0.05, 0) is 12.1 Å². The number of carbonyl (C=O) groups excluding carboxylic acids is 1. The Morgan fingerprint density at radius 3 is 2.14 bits per heavy atom. The van der Waals surface area contributed by atoms with E-state index in [2.05, 4.69) is 0 Å².